The van der Waals surface area contributed by atoms with Crippen LogP contribution >= 0.6 is 0 Å². The Labute approximate surface area is 176 Å². The van der Waals surface area contributed by atoms with Crippen molar-refractivity contribution in [2.24, 2.45) is 5.92 Å². The van der Waals surface area contributed by atoms with Crippen molar-refractivity contribution in [2.45, 2.75) is 56.8 Å². The van der Waals surface area contributed by atoms with Gasteiger partial charge in [0.15, 0.2) is 0 Å². The smallest absolute Gasteiger partial charge is 0.407 e. The Morgan fingerprint density at radius 1 is 1.43 bits per heavy atom. The SMILES string of the molecule is C=C1C(=O)O[C@H]2[C@H]1CC/C(COC(=O)NCCc1ccccn1)=C\CC[C@@]1(C)O[C@@H]21. The first-order valence-corrected chi connectivity index (χ1v) is 10.5. The van der Waals surface area contributed by atoms with E-state index in [1.54, 1.807) is 6.20 Å². The van der Waals surface area contributed by atoms with Crippen LogP contribution in [0.4, 0.5) is 4.79 Å². The van der Waals surface area contributed by atoms with Gasteiger partial charge in [-0.3, -0.25) is 4.98 Å². The molecular weight excluding hydrogens is 384 g/mol. The Hall–Kier alpha value is -2.67. The average Bonchev–Trinajstić information content (AvgIpc) is 3.33. The number of ether oxygens (including phenoxy) is 3. The summed E-state index contributed by atoms with van der Waals surface area (Å²) in [5, 5.41) is 2.76. The van der Waals surface area contributed by atoms with Gasteiger partial charge in [0.1, 0.15) is 18.8 Å². The molecule has 1 aliphatic carbocycles. The maximum absolute atomic E-state index is 12.1. The third kappa shape index (κ3) is 4.56. The van der Waals surface area contributed by atoms with E-state index in [1.807, 2.05) is 18.2 Å². The fourth-order valence-corrected chi connectivity index (χ4v) is 4.30. The third-order valence-corrected chi connectivity index (χ3v) is 6.20. The van der Waals surface area contributed by atoms with E-state index in [2.05, 4.69) is 29.9 Å². The van der Waals surface area contributed by atoms with Crippen molar-refractivity contribution in [3.63, 3.8) is 0 Å². The minimum absolute atomic E-state index is 0.0539. The zero-order valence-electron chi connectivity index (χ0n) is 17.3. The molecule has 1 aromatic rings. The van der Waals surface area contributed by atoms with E-state index in [0.29, 0.717) is 18.5 Å². The number of allylic oxidation sites excluding steroid dienone is 1. The molecule has 2 fully saturated rings. The molecule has 0 bridgehead atoms. The molecule has 3 heterocycles. The number of fused-ring (bicyclic) bond motifs is 3. The highest BCUT2D eigenvalue weighted by Crippen LogP contribution is 2.49. The summed E-state index contributed by atoms with van der Waals surface area (Å²) in [5.41, 5.74) is 2.22. The average molecular weight is 412 g/mol. The van der Waals surface area contributed by atoms with Crippen LogP contribution < -0.4 is 5.32 Å². The van der Waals surface area contributed by atoms with Gasteiger partial charge in [-0.2, -0.15) is 0 Å². The molecule has 0 spiro atoms. The Morgan fingerprint density at radius 3 is 3.10 bits per heavy atom. The van der Waals surface area contributed by atoms with Crippen molar-refractivity contribution < 1.29 is 23.8 Å². The number of rotatable bonds is 5. The summed E-state index contributed by atoms with van der Waals surface area (Å²) in [7, 11) is 0. The highest BCUT2D eigenvalue weighted by Gasteiger charge is 2.61. The fourth-order valence-electron chi connectivity index (χ4n) is 4.30. The number of nitrogens with one attached hydrogen (secondary N) is 1. The van der Waals surface area contributed by atoms with Gasteiger partial charge < -0.3 is 19.5 Å². The highest BCUT2D eigenvalue weighted by molar-refractivity contribution is 5.91. The lowest BCUT2D eigenvalue weighted by molar-refractivity contribution is -0.140. The summed E-state index contributed by atoms with van der Waals surface area (Å²) < 4.78 is 16.9. The molecule has 3 aliphatic rings. The number of amides is 1. The number of carbonyl (C=O) groups is 2. The molecule has 0 unspecified atom stereocenters. The number of esters is 1. The van der Waals surface area contributed by atoms with Gasteiger partial charge in [-0.15, -0.1) is 0 Å². The van der Waals surface area contributed by atoms with Crippen LogP contribution in [-0.4, -0.2) is 48.0 Å². The molecule has 1 aromatic heterocycles. The van der Waals surface area contributed by atoms with Crippen LogP contribution in [0.2, 0.25) is 0 Å². The van der Waals surface area contributed by atoms with Crippen molar-refractivity contribution >= 4 is 12.1 Å². The van der Waals surface area contributed by atoms with E-state index in [4.69, 9.17) is 14.2 Å². The van der Waals surface area contributed by atoms with Crippen molar-refractivity contribution in [3.05, 3.63) is 53.9 Å². The molecular formula is C23H28N2O5. The van der Waals surface area contributed by atoms with Gasteiger partial charge in [0.05, 0.1) is 5.60 Å². The van der Waals surface area contributed by atoms with Gasteiger partial charge in [-0.1, -0.05) is 18.7 Å². The summed E-state index contributed by atoms with van der Waals surface area (Å²) in [6, 6.07) is 5.70. The molecule has 1 N–H and O–H groups in total. The van der Waals surface area contributed by atoms with E-state index >= 15 is 0 Å². The van der Waals surface area contributed by atoms with E-state index in [1.165, 1.54) is 0 Å². The Bertz CT molecular complexity index is 852. The van der Waals surface area contributed by atoms with E-state index < -0.39 is 6.09 Å². The largest absolute Gasteiger partial charge is 0.455 e. The minimum Gasteiger partial charge on any atom is -0.455 e. The van der Waals surface area contributed by atoms with Gasteiger partial charge >= 0.3 is 12.1 Å². The van der Waals surface area contributed by atoms with Gasteiger partial charge in [0, 0.05) is 36.3 Å². The van der Waals surface area contributed by atoms with Crippen molar-refractivity contribution in [1.82, 2.24) is 10.3 Å². The third-order valence-electron chi connectivity index (χ3n) is 6.20. The lowest BCUT2D eigenvalue weighted by atomic mass is 9.84. The molecule has 0 radical (unpaired) electrons. The second kappa shape index (κ2) is 8.60. The number of nitrogens with zero attached hydrogens (tertiary/aromatic N) is 1. The number of aromatic nitrogens is 1. The lowest BCUT2D eigenvalue weighted by Crippen LogP contribution is -2.29. The predicted octanol–water partition coefficient (Wildman–Crippen LogP) is 3.11. The summed E-state index contributed by atoms with van der Waals surface area (Å²) in [5.74, 6) is -0.380. The quantitative estimate of drug-likeness (QED) is 0.346. The normalized spacial score (nSPS) is 32.2. The number of epoxide rings is 1. The first kappa shape index (κ1) is 20.6. The van der Waals surface area contributed by atoms with E-state index in [9.17, 15) is 9.59 Å². The molecule has 2 aliphatic heterocycles. The van der Waals surface area contributed by atoms with Crippen molar-refractivity contribution in [2.75, 3.05) is 13.2 Å². The van der Waals surface area contributed by atoms with Crippen LogP contribution in [0.25, 0.3) is 0 Å². The standard InChI is InChI=1S/C23H28N2O5/c1-15-18-9-8-16(6-5-11-23(2)20(30-23)19(18)29-21(15)26)14-28-22(27)25-13-10-17-7-3-4-12-24-17/h3-4,6-7,12,18-20H,1,5,8-11,13-14H2,2H3,(H,25,27)/b16-6+/t18-,19-,20-,23+/m0/s1. The van der Waals surface area contributed by atoms with E-state index in [0.717, 1.165) is 37.0 Å². The first-order valence-electron chi connectivity index (χ1n) is 10.5. The predicted molar refractivity (Wildman–Crippen MR) is 110 cm³/mol. The zero-order valence-corrected chi connectivity index (χ0v) is 17.3. The van der Waals surface area contributed by atoms with Crippen LogP contribution in [0.1, 0.15) is 38.3 Å². The highest BCUT2D eigenvalue weighted by atomic mass is 16.6. The summed E-state index contributed by atoms with van der Waals surface area (Å²) in [4.78, 5) is 28.3. The van der Waals surface area contributed by atoms with Crippen LogP contribution in [-0.2, 0) is 25.4 Å². The molecule has 0 aromatic carbocycles. The number of carbonyl (C=O) groups excluding carboxylic acids is 2. The van der Waals surface area contributed by atoms with Crippen LogP contribution in [0.5, 0.6) is 0 Å². The van der Waals surface area contributed by atoms with Gasteiger partial charge in [0.2, 0.25) is 0 Å². The fraction of sp³-hybridized carbons (Fsp3) is 0.522. The maximum atomic E-state index is 12.1. The second-order valence-corrected chi connectivity index (χ2v) is 8.37. The molecule has 30 heavy (non-hydrogen) atoms. The second-order valence-electron chi connectivity index (χ2n) is 8.37. The molecule has 4 atom stereocenters. The van der Waals surface area contributed by atoms with Crippen molar-refractivity contribution in [1.29, 1.82) is 0 Å². The number of alkyl carbamates (subject to hydrolysis) is 1. The van der Waals surface area contributed by atoms with Gasteiger partial charge in [-0.05, 0) is 50.3 Å². The molecule has 1 amide bonds. The summed E-state index contributed by atoms with van der Waals surface area (Å²) in [6.07, 6.45) is 6.88. The zero-order chi connectivity index (χ0) is 21.1. The molecule has 2 saturated heterocycles. The summed E-state index contributed by atoms with van der Waals surface area (Å²) >= 11 is 0. The number of hydrogen-bond acceptors (Lipinski definition) is 6. The van der Waals surface area contributed by atoms with Crippen LogP contribution in [0.3, 0.4) is 0 Å². The van der Waals surface area contributed by atoms with Crippen LogP contribution in [0, 0.1) is 5.92 Å². The topological polar surface area (TPSA) is 90.0 Å². The maximum Gasteiger partial charge on any atom is 0.407 e. The molecule has 0 saturated carbocycles. The van der Waals surface area contributed by atoms with E-state index in [-0.39, 0.29) is 36.3 Å². The monoisotopic (exact) mass is 412 g/mol. The van der Waals surface area contributed by atoms with Gasteiger partial charge in [-0.25, -0.2) is 9.59 Å². The number of hydrogen-bond donors (Lipinski definition) is 1. The molecule has 4 rings (SSSR count). The van der Waals surface area contributed by atoms with Crippen LogP contribution in [0.15, 0.2) is 48.2 Å². The molecule has 7 heteroatoms. The van der Waals surface area contributed by atoms with Gasteiger partial charge in [0.25, 0.3) is 0 Å². The molecule has 7 nitrogen and oxygen atoms in total. The van der Waals surface area contributed by atoms with Crippen molar-refractivity contribution in [3.8, 4) is 0 Å². The Kier molecular flexibility index (Phi) is 5.90. The lowest BCUT2D eigenvalue weighted by Gasteiger charge is -2.20. The molecule has 160 valence electrons. The summed E-state index contributed by atoms with van der Waals surface area (Å²) in [6.45, 7) is 6.69. The Balaban J connectivity index is 1.29. The first-order chi connectivity index (χ1) is 14.5. The minimum atomic E-state index is -0.442. The number of pyridine rings is 1. The Morgan fingerprint density at radius 2 is 2.30 bits per heavy atom.